The first-order valence-corrected chi connectivity index (χ1v) is 7.01. The third kappa shape index (κ3) is 3.90. The van der Waals surface area contributed by atoms with Gasteiger partial charge in [0, 0.05) is 13.6 Å². The maximum atomic E-state index is 12.6. The Morgan fingerprint density at radius 3 is 2.33 bits per heavy atom. The molecule has 1 aromatic carbocycles. The van der Waals surface area contributed by atoms with E-state index in [1.54, 1.807) is 31.3 Å². The molecular formula is C17H14F3N3O. The van der Waals surface area contributed by atoms with E-state index in [1.807, 2.05) is 6.07 Å². The van der Waals surface area contributed by atoms with Crippen LogP contribution in [0.1, 0.15) is 32.9 Å². The second-order valence-corrected chi connectivity index (χ2v) is 5.30. The van der Waals surface area contributed by atoms with Crippen molar-refractivity contribution in [3.8, 4) is 6.07 Å². The van der Waals surface area contributed by atoms with Crippen LogP contribution >= 0.6 is 0 Å². The molecule has 2 rings (SSSR count). The molecule has 0 saturated carbocycles. The van der Waals surface area contributed by atoms with Crippen LogP contribution in [0.2, 0.25) is 0 Å². The van der Waals surface area contributed by atoms with Crippen molar-refractivity contribution in [3.63, 3.8) is 0 Å². The molecule has 24 heavy (non-hydrogen) atoms. The third-order valence-corrected chi connectivity index (χ3v) is 3.46. The van der Waals surface area contributed by atoms with Gasteiger partial charge in [-0.05, 0) is 36.8 Å². The van der Waals surface area contributed by atoms with Crippen molar-refractivity contribution >= 4 is 5.91 Å². The van der Waals surface area contributed by atoms with Crippen LogP contribution in [0.15, 0.2) is 36.4 Å². The number of aryl methyl sites for hydroxylation is 1. The number of hydrogen-bond acceptors (Lipinski definition) is 3. The lowest BCUT2D eigenvalue weighted by Gasteiger charge is -2.19. The Kier molecular flexibility index (Phi) is 4.88. The fraction of sp³-hybridized carbons (Fsp3) is 0.235. The molecule has 0 bridgehead atoms. The Hall–Kier alpha value is -2.88. The van der Waals surface area contributed by atoms with Crippen LogP contribution in [0.5, 0.6) is 0 Å². The first-order chi connectivity index (χ1) is 11.2. The van der Waals surface area contributed by atoms with Gasteiger partial charge in [-0.1, -0.05) is 12.1 Å². The van der Waals surface area contributed by atoms with Crippen LogP contribution in [0.3, 0.4) is 0 Å². The Balaban J connectivity index is 2.17. The first-order valence-electron chi connectivity index (χ1n) is 7.01. The number of pyridine rings is 1. The summed E-state index contributed by atoms with van der Waals surface area (Å²) in [6.07, 6.45) is -4.54. The van der Waals surface area contributed by atoms with Gasteiger partial charge in [0.2, 0.25) is 0 Å². The van der Waals surface area contributed by atoms with E-state index in [-0.39, 0.29) is 17.8 Å². The Labute approximate surface area is 137 Å². The molecule has 0 N–H and O–H groups in total. The summed E-state index contributed by atoms with van der Waals surface area (Å²) in [7, 11) is 1.55. The van der Waals surface area contributed by atoms with E-state index in [2.05, 4.69) is 4.98 Å². The summed E-state index contributed by atoms with van der Waals surface area (Å²) in [5, 5.41) is 8.76. The molecule has 0 unspecified atom stereocenters. The number of alkyl halides is 3. The summed E-state index contributed by atoms with van der Waals surface area (Å²) < 4.78 is 37.9. The van der Waals surface area contributed by atoms with Crippen LogP contribution in [0, 0.1) is 18.3 Å². The van der Waals surface area contributed by atoms with Gasteiger partial charge >= 0.3 is 6.18 Å². The summed E-state index contributed by atoms with van der Waals surface area (Å²) in [6, 6.07) is 10.7. The summed E-state index contributed by atoms with van der Waals surface area (Å²) in [5.74, 6) is -0.418. The van der Waals surface area contributed by atoms with Crippen LogP contribution in [0.25, 0.3) is 0 Å². The fourth-order valence-corrected chi connectivity index (χ4v) is 2.18. The first kappa shape index (κ1) is 17.5. The largest absolute Gasteiger partial charge is 0.433 e. The molecule has 124 valence electrons. The highest BCUT2D eigenvalue weighted by Gasteiger charge is 2.33. The Morgan fingerprint density at radius 1 is 1.21 bits per heavy atom. The monoisotopic (exact) mass is 333 g/mol. The number of nitrogens with zero attached hydrogens (tertiary/aromatic N) is 3. The van der Waals surface area contributed by atoms with Crippen LogP contribution in [0.4, 0.5) is 13.2 Å². The van der Waals surface area contributed by atoms with Gasteiger partial charge in [0.1, 0.15) is 5.69 Å². The quantitative estimate of drug-likeness (QED) is 0.863. The molecule has 4 nitrogen and oxygen atoms in total. The molecule has 0 aliphatic rings. The van der Waals surface area contributed by atoms with Gasteiger partial charge in [-0.25, -0.2) is 4.98 Å². The maximum Gasteiger partial charge on any atom is 0.433 e. The van der Waals surface area contributed by atoms with E-state index < -0.39 is 17.8 Å². The number of rotatable bonds is 3. The van der Waals surface area contributed by atoms with Crippen molar-refractivity contribution in [2.24, 2.45) is 0 Å². The minimum absolute atomic E-state index is 0.0292. The Bertz CT molecular complexity index is 792. The van der Waals surface area contributed by atoms with Gasteiger partial charge in [0.05, 0.1) is 22.9 Å². The van der Waals surface area contributed by atoms with Crippen molar-refractivity contribution in [2.75, 3.05) is 7.05 Å². The molecule has 0 saturated heterocycles. The molecule has 0 fully saturated rings. The van der Waals surface area contributed by atoms with Crippen LogP contribution in [-0.2, 0) is 12.7 Å². The number of halogens is 3. The molecular weight excluding hydrogens is 319 g/mol. The minimum atomic E-state index is -4.54. The molecule has 0 radical (unpaired) electrons. The van der Waals surface area contributed by atoms with Gasteiger partial charge in [-0.15, -0.1) is 0 Å². The zero-order valence-corrected chi connectivity index (χ0v) is 13.1. The van der Waals surface area contributed by atoms with Crippen molar-refractivity contribution in [3.05, 3.63) is 64.5 Å². The normalized spacial score (nSPS) is 11.0. The van der Waals surface area contributed by atoms with Gasteiger partial charge in [-0.2, -0.15) is 18.4 Å². The second kappa shape index (κ2) is 6.71. The average molecular weight is 333 g/mol. The predicted molar refractivity (Wildman–Crippen MR) is 80.9 cm³/mol. The number of aromatic nitrogens is 1. The minimum Gasteiger partial charge on any atom is -0.337 e. The number of carbonyl (C=O) groups is 1. The molecule has 1 heterocycles. The van der Waals surface area contributed by atoms with Crippen molar-refractivity contribution in [2.45, 2.75) is 19.6 Å². The molecule has 2 aromatic rings. The average Bonchev–Trinajstić information content (AvgIpc) is 2.54. The second-order valence-electron chi connectivity index (χ2n) is 5.30. The standard InChI is InChI=1S/C17H14F3N3O/c1-11-14(7-8-15(22-11)17(18,19)20)16(24)23(2)10-13-5-3-12(9-21)4-6-13/h3-8H,10H2,1-2H3. The maximum absolute atomic E-state index is 12.6. The number of hydrogen-bond donors (Lipinski definition) is 0. The molecule has 0 atom stereocenters. The third-order valence-electron chi connectivity index (χ3n) is 3.46. The summed E-state index contributed by atoms with van der Waals surface area (Å²) in [4.78, 5) is 17.3. The van der Waals surface area contributed by atoms with E-state index >= 15 is 0 Å². The van der Waals surface area contributed by atoms with Crippen molar-refractivity contribution in [1.29, 1.82) is 5.26 Å². The zero-order chi connectivity index (χ0) is 17.9. The van der Waals surface area contributed by atoms with Gasteiger partial charge < -0.3 is 4.90 Å². The van der Waals surface area contributed by atoms with Crippen LogP contribution in [-0.4, -0.2) is 22.8 Å². The van der Waals surface area contributed by atoms with Gasteiger partial charge in [0.15, 0.2) is 0 Å². The predicted octanol–water partition coefficient (Wildman–Crippen LogP) is 3.55. The van der Waals surface area contributed by atoms with E-state index in [0.717, 1.165) is 17.7 Å². The van der Waals surface area contributed by atoms with E-state index in [0.29, 0.717) is 5.56 Å². The lowest BCUT2D eigenvalue weighted by Crippen LogP contribution is -2.27. The fourth-order valence-electron chi connectivity index (χ4n) is 2.18. The van der Waals surface area contributed by atoms with E-state index in [4.69, 9.17) is 5.26 Å². The molecule has 0 aliphatic carbocycles. The van der Waals surface area contributed by atoms with E-state index in [9.17, 15) is 18.0 Å². The topological polar surface area (TPSA) is 57.0 Å². The lowest BCUT2D eigenvalue weighted by molar-refractivity contribution is -0.141. The highest BCUT2D eigenvalue weighted by Crippen LogP contribution is 2.28. The number of benzene rings is 1. The van der Waals surface area contributed by atoms with Crippen molar-refractivity contribution in [1.82, 2.24) is 9.88 Å². The highest BCUT2D eigenvalue weighted by atomic mass is 19.4. The molecule has 1 aromatic heterocycles. The molecule has 0 aliphatic heterocycles. The molecule has 1 amide bonds. The molecule has 7 heteroatoms. The van der Waals surface area contributed by atoms with Crippen molar-refractivity contribution < 1.29 is 18.0 Å². The smallest absolute Gasteiger partial charge is 0.337 e. The SMILES string of the molecule is Cc1nc(C(F)(F)F)ccc1C(=O)N(C)Cc1ccc(C#N)cc1. The lowest BCUT2D eigenvalue weighted by atomic mass is 10.1. The van der Waals surface area contributed by atoms with Gasteiger partial charge in [-0.3, -0.25) is 4.79 Å². The summed E-state index contributed by atoms with van der Waals surface area (Å²) >= 11 is 0. The number of amides is 1. The number of carbonyl (C=O) groups excluding carboxylic acids is 1. The molecule has 0 spiro atoms. The highest BCUT2D eigenvalue weighted by molar-refractivity contribution is 5.95. The van der Waals surface area contributed by atoms with E-state index in [1.165, 1.54) is 11.8 Å². The summed E-state index contributed by atoms with van der Waals surface area (Å²) in [6.45, 7) is 1.64. The van der Waals surface area contributed by atoms with Gasteiger partial charge in [0.25, 0.3) is 5.91 Å². The van der Waals surface area contributed by atoms with Crippen LogP contribution < -0.4 is 0 Å². The number of nitriles is 1. The summed E-state index contributed by atoms with van der Waals surface area (Å²) in [5.41, 5.74) is 0.449. The zero-order valence-electron chi connectivity index (χ0n) is 13.1. The Morgan fingerprint density at radius 2 is 1.83 bits per heavy atom.